The maximum absolute atomic E-state index is 11.8. The van der Waals surface area contributed by atoms with Gasteiger partial charge in [0.25, 0.3) is 5.91 Å². The number of rotatable bonds is 3. The van der Waals surface area contributed by atoms with E-state index in [0.29, 0.717) is 17.0 Å². The van der Waals surface area contributed by atoms with Gasteiger partial charge < -0.3 is 5.73 Å². The van der Waals surface area contributed by atoms with Gasteiger partial charge in [0.15, 0.2) is 0 Å². The zero-order valence-corrected chi connectivity index (χ0v) is 10.5. The fraction of sp³-hybridized carbons (Fsp3) is 0.0714. The monoisotopic (exact) mass is 254 g/mol. The first-order valence-corrected chi connectivity index (χ1v) is 5.77. The molecule has 0 atom stereocenters. The van der Waals surface area contributed by atoms with E-state index in [1.807, 2.05) is 19.1 Å². The van der Waals surface area contributed by atoms with Crippen molar-refractivity contribution in [2.75, 3.05) is 5.73 Å². The van der Waals surface area contributed by atoms with E-state index < -0.39 is 0 Å². The fourth-order valence-electron chi connectivity index (χ4n) is 1.49. The van der Waals surface area contributed by atoms with Crippen LogP contribution in [0.15, 0.2) is 53.9 Å². The van der Waals surface area contributed by atoms with Gasteiger partial charge in [0.05, 0.1) is 5.71 Å². The highest BCUT2D eigenvalue weighted by Gasteiger charge is 2.04. The van der Waals surface area contributed by atoms with Crippen LogP contribution in [0.1, 0.15) is 22.8 Å². The molecule has 1 aromatic carbocycles. The second-order valence-corrected chi connectivity index (χ2v) is 4.00. The molecule has 5 heteroatoms. The Morgan fingerprint density at radius 1 is 1.11 bits per heavy atom. The lowest BCUT2D eigenvalue weighted by atomic mass is 10.2. The predicted molar refractivity (Wildman–Crippen MR) is 74.8 cm³/mol. The van der Waals surface area contributed by atoms with Crippen LogP contribution in [-0.2, 0) is 0 Å². The average Bonchev–Trinajstić information content (AvgIpc) is 2.46. The Labute approximate surface area is 111 Å². The van der Waals surface area contributed by atoms with Crippen LogP contribution >= 0.6 is 0 Å². The zero-order chi connectivity index (χ0) is 13.7. The second kappa shape index (κ2) is 5.77. The highest BCUT2D eigenvalue weighted by Crippen LogP contribution is 2.05. The van der Waals surface area contributed by atoms with Crippen molar-refractivity contribution in [1.82, 2.24) is 10.4 Å². The summed E-state index contributed by atoms with van der Waals surface area (Å²) in [5, 5.41) is 4.05. The molecule has 2 aromatic rings. The van der Waals surface area contributed by atoms with Crippen molar-refractivity contribution in [1.29, 1.82) is 0 Å². The molecule has 0 aliphatic rings. The molecule has 0 saturated carbocycles. The molecule has 96 valence electrons. The highest BCUT2D eigenvalue weighted by molar-refractivity contribution is 6.00. The van der Waals surface area contributed by atoms with Crippen molar-refractivity contribution >= 4 is 17.3 Å². The third kappa shape index (κ3) is 3.38. The van der Waals surface area contributed by atoms with E-state index in [0.717, 1.165) is 5.56 Å². The molecule has 0 radical (unpaired) electrons. The molecular weight excluding hydrogens is 240 g/mol. The average molecular weight is 254 g/mol. The number of pyridine rings is 1. The summed E-state index contributed by atoms with van der Waals surface area (Å²) in [4.78, 5) is 15.7. The number of nitrogens with zero attached hydrogens (tertiary/aromatic N) is 2. The van der Waals surface area contributed by atoms with Gasteiger partial charge in [-0.1, -0.05) is 0 Å². The van der Waals surface area contributed by atoms with Crippen LogP contribution in [0.5, 0.6) is 0 Å². The van der Waals surface area contributed by atoms with E-state index in [4.69, 9.17) is 5.73 Å². The number of carbonyl (C=O) groups is 1. The molecule has 3 N–H and O–H groups in total. The largest absolute Gasteiger partial charge is 0.399 e. The maximum Gasteiger partial charge on any atom is 0.271 e. The Hall–Kier alpha value is -2.69. The predicted octanol–water partition coefficient (Wildman–Crippen LogP) is 1.82. The van der Waals surface area contributed by atoms with Crippen LogP contribution in [0.2, 0.25) is 0 Å². The molecule has 0 fully saturated rings. The van der Waals surface area contributed by atoms with Crippen LogP contribution in [-0.4, -0.2) is 16.6 Å². The van der Waals surface area contributed by atoms with Crippen molar-refractivity contribution in [3.8, 4) is 0 Å². The Morgan fingerprint density at radius 2 is 1.74 bits per heavy atom. The lowest BCUT2D eigenvalue weighted by Gasteiger charge is -2.03. The molecule has 0 aliphatic carbocycles. The lowest BCUT2D eigenvalue weighted by Crippen LogP contribution is -2.19. The maximum atomic E-state index is 11.8. The minimum absolute atomic E-state index is 0.270. The SMILES string of the molecule is C/C(=N/NC(=O)c1ccc(N)cc1)c1ccncc1. The smallest absolute Gasteiger partial charge is 0.271 e. The second-order valence-electron chi connectivity index (χ2n) is 4.00. The standard InChI is InChI=1S/C14H14N4O/c1-10(11-6-8-16-9-7-11)17-18-14(19)12-2-4-13(15)5-3-12/h2-9H,15H2,1H3,(H,18,19)/b17-10-. The molecule has 2 rings (SSSR count). The fourth-order valence-corrected chi connectivity index (χ4v) is 1.49. The summed E-state index contributed by atoms with van der Waals surface area (Å²) in [5.41, 5.74) is 10.8. The summed E-state index contributed by atoms with van der Waals surface area (Å²) in [6.07, 6.45) is 3.35. The summed E-state index contributed by atoms with van der Waals surface area (Å²) >= 11 is 0. The van der Waals surface area contributed by atoms with Crippen LogP contribution in [0.3, 0.4) is 0 Å². The Morgan fingerprint density at radius 3 is 2.37 bits per heavy atom. The van der Waals surface area contributed by atoms with Gasteiger partial charge in [-0.2, -0.15) is 5.10 Å². The molecule has 0 unspecified atom stereocenters. The molecular formula is C14H14N4O. The first-order chi connectivity index (χ1) is 9.16. The summed E-state index contributed by atoms with van der Waals surface area (Å²) < 4.78 is 0. The van der Waals surface area contributed by atoms with Crippen LogP contribution in [0.4, 0.5) is 5.69 Å². The molecule has 0 bridgehead atoms. The Kier molecular flexibility index (Phi) is 3.87. The van der Waals surface area contributed by atoms with Crippen LogP contribution < -0.4 is 11.2 Å². The Balaban J connectivity index is 2.06. The van der Waals surface area contributed by atoms with Gasteiger partial charge in [0, 0.05) is 29.2 Å². The van der Waals surface area contributed by atoms with Gasteiger partial charge in [0.1, 0.15) is 0 Å². The van der Waals surface area contributed by atoms with Crippen LogP contribution in [0, 0.1) is 0 Å². The number of hydrazone groups is 1. The summed E-state index contributed by atoms with van der Waals surface area (Å²) in [6, 6.07) is 10.3. The molecule has 0 aliphatic heterocycles. The first kappa shape index (κ1) is 12.8. The van der Waals surface area contributed by atoms with Gasteiger partial charge in [-0.15, -0.1) is 0 Å². The van der Waals surface area contributed by atoms with Crippen molar-refractivity contribution in [2.45, 2.75) is 6.92 Å². The minimum Gasteiger partial charge on any atom is -0.399 e. The third-order valence-corrected chi connectivity index (χ3v) is 2.60. The topological polar surface area (TPSA) is 80.4 Å². The molecule has 5 nitrogen and oxygen atoms in total. The first-order valence-electron chi connectivity index (χ1n) is 5.77. The summed E-state index contributed by atoms with van der Waals surface area (Å²) in [7, 11) is 0. The highest BCUT2D eigenvalue weighted by atomic mass is 16.2. The number of nitrogens with one attached hydrogen (secondary N) is 1. The number of hydrogen-bond donors (Lipinski definition) is 2. The molecule has 1 heterocycles. The number of anilines is 1. The lowest BCUT2D eigenvalue weighted by molar-refractivity contribution is 0.0955. The van der Waals surface area contributed by atoms with Crippen molar-refractivity contribution in [3.05, 3.63) is 59.9 Å². The van der Waals surface area contributed by atoms with Gasteiger partial charge in [-0.3, -0.25) is 9.78 Å². The molecule has 1 amide bonds. The molecule has 0 spiro atoms. The number of benzene rings is 1. The van der Waals surface area contributed by atoms with Gasteiger partial charge in [-0.05, 0) is 43.3 Å². The quantitative estimate of drug-likeness (QED) is 0.498. The number of hydrogen-bond acceptors (Lipinski definition) is 4. The molecule has 19 heavy (non-hydrogen) atoms. The zero-order valence-electron chi connectivity index (χ0n) is 10.5. The van der Waals surface area contributed by atoms with Crippen molar-refractivity contribution < 1.29 is 4.79 Å². The molecule has 0 saturated heterocycles. The van der Waals surface area contributed by atoms with E-state index >= 15 is 0 Å². The van der Waals surface area contributed by atoms with Crippen LogP contribution in [0.25, 0.3) is 0 Å². The third-order valence-electron chi connectivity index (χ3n) is 2.60. The van der Waals surface area contributed by atoms with E-state index in [-0.39, 0.29) is 5.91 Å². The number of carbonyl (C=O) groups excluding carboxylic acids is 1. The summed E-state index contributed by atoms with van der Waals surface area (Å²) in [5.74, 6) is -0.270. The molecule has 1 aromatic heterocycles. The van der Waals surface area contributed by atoms with E-state index in [2.05, 4.69) is 15.5 Å². The van der Waals surface area contributed by atoms with Crippen molar-refractivity contribution in [2.24, 2.45) is 5.10 Å². The number of nitrogens with two attached hydrogens (primary N) is 1. The van der Waals surface area contributed by atoms with E-state index in [9.17, 15) is 4.79 Å². The van der Waals surface area contributed by atoms with Gasteiger partial charge in [-0.25, -0.2) is 5.43 Å². The normalized spacial score (nSPS) is 11.1. The Bertz CT molecular complexity index is 591. The van der Waals surface area contributed by atoms with E-state index in [1.54, 1.807) is 36.7 Å². The summed E-state index contributed by atoms with van der Waals surface area (Å²) in [6.45, 7) is 1.82. The van der Waals surface area contributed by atoms with Gasteiger partial charge in [0.2, 0.25) is 0 Å². The van der Waals surface area contributed by atoms with Crippen molar-refractivity contribution in [3.63, 3.8) is 0 Å². The van der Waals surface area contributed by atoms with Gasteiger partial charge >= 0.3 is 0 Å². The van der Waals surface area contributed by atoms with E-state index in [1.165, 1.54) is 0 Å². The number of amides is 1. The minimum atomic E-state index is -0.270. The number of nitrogen functional groups attached to an aromatic ring is 1. The number of aromatic nitrogens is 1.